The first-order valence-corrected chi connectivity index (χ1v) is 8.32. The number of unbranched alkanes of at least 4 members (excludes halogenated alkanes) is 1. The molecule has 0 aliphatic carbocycles. The fourth-order valence-electron chi connectivity index (χ4n) is 1.53. The first-order valence-electron chi connectivity index (χ1n) is 6.05. The monoisotopic (exact) mass is 349 g/mol. The summed E-state index contributed by atoms with van der Waals surface area (Å²) >= 11 is 3.28. The molecule has 0 radical (unpaired) electrons. The zero-order valence-electron chi connectivity index (χ0n) is 11.2. The van der Waals surface area contributed by atoms with E-state index in [2.05, 4.69) is 20.7 Å². The Morgan fingerprint density at radius 2 is 2.00 bits per heavy atom. The second-order valence-corrected chi connectivity index (χ2v) is 6.99. The van der Waals surface area contributed by atoms with Crippen molar-refractivity contribution in [2.24, 2.45) is 5.73 Å². The van der Waals surface area contributed by atoms with E-state index in [1.807, 2.05) is 25.1 Å². The first kappa shape index (κ1) is 16.4. The van der Waals surface area contributed by atoms with Gasteiger partial charge in [0.1, 0.15) is 0 Å². The van der Waals surface area contributed by atoms with Gasteiger partial charge in [0, 0.05) is 30.8 Å². The second-order valence-electron chi connectivity index (χ2n) is 4.40. The second kappa shape index (κ2) is 7.23. The zero-order valence-corrected chi connectivity index (χ0v) is 13.6. The maximum atomic E-state index is 12.2. The molecule has 0 fully saturated rings. The number of anilines is 1. The van der Waals surface area contributed by atoms with E-state index in [9.17, 15) is 8.42 Å². The quantitative estimate of drug-likeness (QED) is 0.732. The van der Waals surface area contributed by atoms with Crippen molar-refractivity contribution < 1.29 is 8.42 Å². The van der Waals surface area contributed by atoms with Crippen molar-refractivity contribution in [1.82, 2.24) is 4.72 Å². The lowest BCUT2D eigenvalue weighted by Crippen LogP contribution is -2.26. The molecule has 0 amide bonds. The van der Waals surface area contributed by atoms with Crippen LogP contribution < -0.4 is 15.4 Å². The highest BCUT2D eigenvalue weighted by Crippen LogP contribution is 2.26. The Balaban J connectivity index is 2.90. The molecule has 0 atom stereocenters. The van der Waals surface area contributed by atoms with Crippen LogP contribution in [0.15, 0.2) is 27.6 Å². The number of nitrogens with zero attached hydrogens (tertiary/aromatic N) is 1. The predicted octanol–water partition coefficient (Wildman–Crippen LogP) is 1.53. The number of sulfonamides is 1. The highest BCUT2D eigenvalue weighted by molar-refractivity contribution is 9.10. The first-order chi connectivity index (χ1) is 8.88. The molecule has 0 saturated heterocycles. The van der Waals surface area contributed by atoms with E-state index in [1.54, 1.807) is 12.1 Å². The van der Waals surface area contributed by atoms with Crippen LogP contribution in [-0.2, 0) is 10.0 Å². The normalized spacial score (nSPS) is 11.6. The van der Waals surface area contributed by atoms with Crippen molar-refractivity contribution in [3.63, 3.8) is 0 Å². The molecular formula is C12H20BrN3O2S. The van der Waals surface area contributed by atoms with Crippen molar-refractivity contribution in [2.45, 2.75) is 17.7 Å². The topological polar surface area (TPSA) is 75.4 Å². The lowest BCUT2D eigenvalue weighted by Gasteiger charge is -2.15. The van der Waals surface area contributed by atoms with Gasteiger partial charge in [-0.05, 0) is 53.5 Å². The SMILES string of the molecule is CN(C)c1ccc(Br)c(S(=O)(=O)NCCCCN)c1. The maximum absolute atomic E-state index is 12.2. The van der Waals surface area contributed by atoms with Crippen molar-refractivity contribution in [3.8, 4) is 0 Å². The highest BCUT2D eigenvalue weighted by Gasteiger charge is 2.18. The number of benzene rings is 1. The Kier molecular flexibility index (Phi) is 6.25. The Morgan fingerprint density at radius 3 is 2.58 bits per heavy atom. The lowest BCUT2D eigenvalue weighted by atomic mass is 10.3. The standard InChI is InChI=1S/C12H20BrN3O2S/c1-16(2)10-5-6-11(13)12(9-10)19(17,18)15-8-4-3-7-14/h5-6,9,15H,3-4,7-8,14H2,1-2H3. The van der Waals surface area contributed by atoms with Crippen LogP contribution in [0.3, 0.4) is 0 Å². The molecule has 0 unspecified atom stereocenters. The van der Waals surface area contributed by atoms with Gasteiger partial charge in [0.15, 0.2) is 0 Å². The van der Waals surface area contributed by atoms with Crippen LogP contribution in [0.5, 0.6) is 0 Å². The van der Waals surface area contributed by atoms with Crippen LogP contribution >= 0.6 is 15.9 Å². The van der Waals surface area contributed by atoms with Gasteiger partial charge in [0.25, 0.3) is 0 Å². The summed E-state index contributed by atoms with van der Waals surface area (Å²) in [5.41, 5.74) is 6.21. The van der Waals surface area contributed by atoms with Crippen LogP contribution in [0.1, 0.15) is 12.8 Å². The molecule has 19 heavy (non-hydrogen) atoms. The molecule has 0 heterocycles. The zero-order chi connectivity index (χ0) is 14.5. The minimum Gasteiger partial charge on any atom is -0.378 e. The van der Waals surface area contributed by atoms with Gasteiger partial charge in [-0.2, -0.15) is 0 Å². The summed E-state index contributed by atoms with van der Waals surface area (Å²) in [6.45, 7) is 0.972. The Morgan fingerprint density at radius 1 is 1.32 bits per heavy atom. The largest absolute Gasteiger partial charge is 0.378 e. The third kappa shape index (κ3) is 4.76. The maximum Gasteiger partial charge on any atom is 0.241 e. The third-order valence-corrected chi connectivity index (χ3v) is 5.10. The molecule has 0 aromatic heterocycles. The molecule has 0 aliphatic heterocycles. The molecule has 0 saturated carbocycles. The molecule has 7 heteroatoms. The Labute approximate surface area is 123 Å². The molecule has 1 rings (SSSR count). The number of nitrogens with two attached hydrogens (primary N) is 1. The van der Waals surface area contributed by atoms with E-state index >= 15 is 0 Å². The smallest absolute Gasteiger partial charge is 0.241 e. The van der Waals surface area contributed by atoms with Crippen LogP contribution in [0.2, 0.25) is 0 Å². The lowest BCUT2D eigenvalue weighted by molar-refractivity contribution is 0.576. The van der Waals surface area contributed by atoms with Gasteiger partial charge in [-0.3, -0.25) is 0 Å². The number of halogens is 1. The molecule has 1 aromatic rings. The Hall–Kier alpha value is -0.630. The fraction of sp³-hybridized carbons (Fsp3) is 0.500. The number of hydrogen-bond acceptors (Lipinski definition) is 4. The molecule has 0 spiro atoms. The van der Waals surface area contributed by atoms with Crippen molar-refractivity contribution in [1.29, 1.82) is 0 Å². The summed E-state index contributed by atoms with van der Waals surface area (Å²) in [6, 6.07) is 5.25. The van der Waals surface area contributed by atoms with E-state index in [4.69, 9.17) is 5.73 Å². The number of nitrogens with one attached hydrogen (secondary N) is 1. The van der Waals surface area contributed by atoms with Gasteiger partial charge in [-0.1, -0.05) is 0 Å². The average molecular weight is 350 g/mol. The van der Waals surface area contributed by atoms with Gasteiger partial charge in [0.2, 0.25) is 10.0 Å². The highest BCUT2D eigenvalue weighted by atomic mass is 79.9. The summed E-state index contributed by atoms with van der Waals surface area (Å²) in [5, 5.41) is 0. The van der Waals surface area contributed by atoms with Gasteiger partial charge in [-0.15, -0.1) is 0 Å². The Bertz CT molecular complexity index is 518. The molecule has 0 aliphatic rings. The van der Waals surface area contributed by atoms with Gasteiger partial charge < -0.3 is 10.6 Å². The van der Waals surface area contributed by atoms with Crippen molar-refractivity contribution in [2.75, 3.05) is 32.1 Å². The van der Waals surface area contributed by atoms with E-state index in [0.717, 1.165) is 18.5 Å². The summed E-state index contributed by atoms with van der Waals surface area (Å²) in [6.07, 6.45) is 1.54. The van der Waals surface area contributed by atoms with Gasteiger partial charge in [-0.25, -0.2) is 13.1 Å². The van der Waals surface area contributed by atoms with Crippen LogP contribution in [0.25, 0.3) is 0 Å². The van der Waals surface area contributed by atoms with E-state index in [1.165, 1.54) is 0 Å². The minimum atomic E-state index is -3.49. The predicted molar refractivity (Wildman–Crippen MR) is 81.9 cm³/mol. The molecule has 3 N–H and O–H groups in total. The summed E-state index contributed by atoms with van der Waals surface area (Å²) < 4.78 is 27.5. The molecular weight excluding hydrogens is 330 g/mol. The minimum absolute atomic E-state index is 0.256. The fourth-order valence-corrected chi connectivity index (χ4v) is 3.58. The van der Waals surface area contributed by atoms with Gasteiger partial charge in [0.05, 0.1) is 4.90 Å². The average Bonchev–Trinajstić information content (AvgIpc) is 2.34. The summed E-state index contributed by atoms with van der Waals surface area (Å²) in [5.74, 6) is 0. The van der Waals surface area contributed by atoms with Crippen LogP contribution in [-0.4, -0.2) is 35.6 Å². The van der Waals surface area contributed by atoms with Crippen molar-refractivity contribution >= 4 is 31.6 Å². The third-order valence-electron chi connectivity index (χ3n) is 2.64. The van der Waals surface area contributed by atoms with Crippen molar-refractivity contribution in [3.05, 3.63) is 22.7 Å². The molecule has 0 bridgehead atoms. The number of hydrogen-bond donors (Lipinski definition) is 2. The molecule has 1 aromatic carbocycles. The molecule has 5 nitrogen and oxygen atoms in total. The van der Waals surface area contributed by atoms with E-state index < -0.39 is 10.0 Å². The van der Waals surface area contributed by atoms with E-state index in [-0.39, 0.29) is 4.90 Å². The summed E-state index contributed by atoms with van der Waals surface area (Å²) in [7, 11) is 0.247. The van der Waals surface area contributed by atoms with E-state index in [0.29, 0.717) is 17.6 Å². The van der Waals surface area contributed by atoms with Gasteiger partial charge >= 0.3 is 0 Å². The molecule has 108 valence electrons. The van der Waals surface area contributed by atoms with Crippen LogP contribution in [0.4, 0.5) is 5.69 Å². The number of rotatable bonds is 7. The summed E-state index contributed by atoms with van der Waals surface area (Å²) in [4.78, 5) is 2.12. The van der Waals surface area contributed by atoms with Crippen LogP contribution in [0, 0.1) is 0 Å².